The van der Waals surface area contributed by atoms with Crippen LogP contribution in [0.4, 0.5) is 0 Å². The molecule has 0 saturated carbocycles. The first-order valence-electron chi connectivity index (χ1n) is 10.6. The van der Waals surface area contributed by atoms with E-state index in [0.29, 0.717) is 31.4 Å². The number of amides is 1. The van der Waals surface area contributed by atoms with Crippen molar-refractivity contribution in [3.63, 3.8) is 0 Å². The summed E-state index contributed by atoms with van der Waals surface area (Å²) < 4.78 is 11.2. The summed E-state index contributed by atoms with van der Waals surface area (Å²) in [7, 11) is 0. The van der Waals surface area contributed by atoms with Crippen LogP contribution in [0.25, 0.3) is 27.3 Å². The summed E-state index contributed by atoms with van der Waals surface area (Å²) in [4.78, 5) is 38.6. The third-order valence-electron chi connectivity index (χ3n) is 5.21. The maximum Gasteiger partial charge on any atom is 0.293 e. The molecule has 11 heteroatoms. The molecule has 1 aliphatic rings. The van der Waals surface area contributed by atoms with Gasteiger partial charge in [-0.2, -0.15) is 4.57 Å². The van der Waals surface area contributed by atoms with Crippen LogP contribution in [0.2, 0.25) is 0 Å². The molecule has 0 aliphatic carbocycles. The lowest BCUT2D eigenvalue weighted by Crippen LogP contribution is -2.34. The van der Waals surface area contributed by atoms with Gasteiger partial charge in [0.15, 0.2) is 0 Å². The molecule has 34 heavy (non-hydrogen) atoms. The fraction of sp³-hybridized carbons (Fsp3) is 0.261. The maximum absolute atomic E-state index is 13.2. The lowest BCUT2D eigenvalue weighted by Gasteiger charge is -2.09. The molecule has 1 aromatic carbocycles. The second kappa shape index (κ2) is 10.8. The molecule has 0 bridgehead atoms. The Hall–Kier alpha value is -2.60. The minimum absolute atomic E-state index is 0.0365. The van der Waals surface area contributed by atoms with Gasteiger partial charge in [-0.1, -0.05) is 53.5 Å². The number of thiocarbonyl (C=S) groups is 1. The standard InChI is InChI=1S/C23H22N3O4S4/c1-3-24-15-8-5-6-9-16(15)32-18(24)11-7-10-17-20(28)26(12-13-30-14-27)22(33-17)19-21(29)25(4-2)23(31)34-19/h5-11,14H,3-4,12-13H2,1-2H3/q+1/b11-7+,17-10-,22-19-. The van der Waals surface area contributed by atoms with E-state index in [4.69, 9.17) is 17.0 Å². The lowest BCUT2D eigenvalue weighted by molar-refractivity contribution is -0.665. The van der Waals surface area contributed by atoms with Crippen molar-refractivity contribution < 1.29 is 18.9 Å². The van der Waals surface area contributed by atoms with Gasteiger partial charge in [0, 0.05) is 18.7 Å². The van der Waals surface area contributed by atoms with Crippen LogP contribution < -0.4 is 19.3 Å². The van der Waals surface area contributed by atoms with Crippen LogP contribution in [0.3, 0.4) is 0 Å². The number of para-hydroxylation sites is 1. The predicted molar refractivity (Wildman–Crippen MR) is 142 cm³/mol. The SMILES string of the molecule is CCN1C(=O)/C(=c2/s/c(=C\C=C\c3sc4ccccc4[n+]3CC)c(=O)n2CCOC=O)SC1=S. The monoisotopic (exact) mass is 532 g/mol. The fourth-order valence-electron chi connectivity index (χ4n) is 3.62. The topological polar surface area (TPSA) is 72.5 Å². The quantitative estimate of drug-likeness (QED) is 0.192. The molecule has 176 valence electrons. The number of fused-ring (bicyclic) bond motifs is 1. The number of rotatable bonds is 8. The third-order valence-corrected chi connectivity index (χ3v) is 9.05. The van der Waals surface area contributed by atoms with Gasteiger partial charge in [0.2, 0.25) is 5.52 Å². The minimum Gasteiger partial charge on any atom is -0.466 e. The normalized spacial score (nSPS) is 16.4. The maximum atomic E-state index is 13.2. The van der Waals surface area contributed by atoms with Crippen molar-refractivity contribution in [1.29, 1.82) is 0 Å². The van der Waals surface area contributed by atoms with Crippen LogP contribution in [0.1, 0.15) is 18.9 Å². The van der Waals surface area contributed by atoms with Gasteiger partial charge in [-0.15, -0.1) is 11.3 Å². The van der Waals surface area contributed by atoms with Gasteiger partial charge in [0.25, 0.3) is 22.9 Å². The van der Waals surface area contributed by atoms with Crippen molar-refractivity contribution in [1.82, 2.24) is 9.47 Å². The molecule has 1 fully saturated rings. The van der Waals surface area contributed by atoms with Gasteiger partial charge in [-0.05, 0) is 26.0 Å². The first-order chi connectivity index (χ1) is 16.5. The van der Waals surface area contributed by atoms with Crippen molar-refractivity contribution >= 4 is 90.6 Å². The molecule has 3 aromatic rings. The van der Waals surface area contributed by atoms with E-state index >= 15 is 0 Å². The number of benzene rings is 1. The average Bonchev–Trinajstić information content (AvgIpc) is 3.44. The molecule has 3 heterocycles. The Morgan fingerprint density at radius 2 is 1.97 bits per heavy atom. The molecule has 7 nitrogen and oxygen atoms in total. The van der Waals surface area contributed by atoms with Gasteiger partial charge < -0.3 is 4.74 Å². The zero-order valence-electron chi connectivity index (χ0n) is 18.6. The van der Waals surface area contributed by atoms with Crippen molar-refractivity contribution in [2.75, 3.05) is 13.2 Å². The Morgan fingerprint density at radius 3 is 2.68 bits per heavy atom. The van der Waals surface area contributed by atoms with Gasteiger partial charge in [-0.3, -0.25) is 23.9 Å². The van der Waals surface area contributed by atoms with E-state index in [-0.39, 0.29) is 24.6 Å². The number of aromatic nitrogens is 2. The molecule has 2 aromatic heterocycles. The number of thiazole rings is 2. The van der Waals surface area contributed by atoms with E-state index in [0.717, 1.165) is 11.6 Å². The Kier molecular flexibility index (Phi) is 7.77. The second-order valence-electron chi connectivity index (χ2n) is 7.12. The molecule has 0 N–H and O–H groups in total. The Morgan fingerprint density at radius 1 is 1.18 bits per heavy atom. The van der Waals surface area contributed by atoms with Crippen LogP contribution in [0, 0.1) is 0 Å². The van der Waals surface area contributed by atoms with Crippen LogP contribution in [0.5, 0.6) is 0 Å². The van der Waals surface area contributed by atoms with E-state index < -0.39 is 0 Å². The number of hydrogen-bond acceptors (Lipinski definition) is 8. The average molecular weight is 533 g/mol. The number of aryl methyl sites for hydroxylation is 1. The van der Waals surface area contributed by atoms with Crippen molar-refractivity contribution in [3.05, 3.63) is 54.9 Å². The zero-order valence-corrected chi connectivity index (χ0v) is 21.8. The molecule has 1 amide bonds. The molecule has 0 radical (unpaired) electrons. The Bertz CT molecular complexity index is 1480. The van der Waals surface area contributed by atoms with E-state index in [9.17, 15) is 14.4 Å². The zero-order chi connectivity index (χ0) is 24.2. The fourth-order valence-corrected chi connectivity index (χ4v) is 7.38. The van der Waals surface area contributed by atoms with Gasteiger partial charge in [0.05, 0.1) is 11.1 Å². The molecular weight excluding hydrogens is 511 g/mol. The summed E-state index contributed by atoms with van der Waals surface area (Å²) in [6, 6.07) is 8.24. The highest BCUT2D eigenvalue weighted by Gasteiger charge is 2.32. The van der Waals surface area contributed by atoms with Crippen LogP contribution in [-0.2, 0) is 27.4 Å². The van der Waals surface area contributed by atoms with Crippen molar-refractivity contribution in [3.8, 4) is 0 Å². The summed E-state index contributed by atoms with van der Waals surface area (Å²) in [5.74, 6) is -0.208. The van der Waals surface area contributed by atoms with E-state index in [1.807, 2.05) is 31.2 Å². The minimum atomic E-state index is -0.236. The molecule has 1 aliphatic heterocycles. The number of ether oxygens (including phenoxy) is 1. The van der Waals surface area contributed by atoms with Crippen LogP contribution in [0.15, 0.2) is 35.1 Å². The lowest BCUT2D eigenvalue weighted by atomic mass is 10.3. The Balaban J connectivity index is 1.79. The number of thioether (sulfide) groups is 1. The highest BCUT2D eigenvalue weighted by molar-refractivity contribution is 8.30. The summed E-state index contributed by atoms with van der Waals surface area (Å²) in [5.41, 5.74) is 0.941. The summed E-state index contributed by atoms with van der Waals surface area (Å²) in [5, 5.41) is 1.08. The summed E-state index contributed by atoms with van der Waals surface area (Å²) >= 11 is 9.45. The molecule has 0 spiro atoms. The highest BCUT2D eigenvalue weighted by Crippen LogP contribution is 2.30. The van der Waals surface area contributed by atoms with E-state index in [2.05, 4.69) is 23.6 Å². The smallest absolute Gasteiger partial charge is 0.293 e. The molecule has 4 rings (SSSR count). The van der Waals surface area contributed by atoms with Gasteiger partial charge in [-0.25, -0.2) is 0 Å². The first kappa shape index (κ1) is 24.5. The summed E-state index contributed by atoms with van der Waals surface area (Å²) in [6.45, 7) is 5.79. The molecular formula is C23H22N3O4S4+. The first-order valence-corrected chi connectivity index (χ1v) is 13.5. The largest absolute Gasteiger partial charge is 0.466 e. The predicted octanol–water partition coefficient (Wildman–Crippen LogP) is 2.09. The molecule has 1 saturated heterocycles. The number of carbonyl (C=O) groups is 2. The third kappa shape index (κ3) is 4.65. The summed E-state index contributed by atoms with van der Waals surface area (Å²) in [6.07, 6.45) is 5.61. The highest BCUT2D eigenvalue weighted by atomic mass is 32.2. The number of carbonyl (C=O) groups excluding carboxylic acids is 2. The molecule has 0 atom stereocenters. The van der Waals surface area contributed by atoms with Crippen molar-refractivity contribution in [2.45, 2.75) is 26.9 Å². The van der Waals surface area contributed by atoms with Crippen LogP contribution in [-0.4, -0.2) is 39.3 Å². The van der Waals surface area contributed by atoms with E-state index in [1.54, 1.807) is 17.4 Å². The second-order valence-corrected chi connectivity index (χ2v) is 10.9. The van der Waals surface area contributed by atoms with Gasteiger partial charge >= 0.3 is 0 Å². The van der Waals surface area contributed by atoms with Gasteiger partial charge in [0.1, 0.15) is 31.7 Å². The van der Waals surface area contributed by atoms with Crippen molar-refractivity contribution in [2.24, 2.45) is 0 Å². The molecule has 0 unspecified atom stereocenters. The number of hydrogen-bond donors (Lipinski definition) is 0. The number of allylic oxidation sites excluding steroid dienone is 1. The number of nitrogens with zero attached hydrogens (tertiary/aromatic N) is 3. The van der Waals surface area contributed by atoms with Crippen LogP contribution >= 0.6 is 46.7 Å². The van der Waals surface area contributed by atoms with E-state index in [1.165, 1.54) is 42.8 Å². The Labute approximate surface area is 213 Å².